The third-order valence-electron chi connectivity index (χ3n) is 2.70. The van der Waals surface area contributed by atoms with Gasteiger partial charge in [0.25, 0.3) is 0 Å². The lowest BCUT2D eigenvalue weighted by Gasteiger charge is -2.01. The van der Waals surface area contributed by atoms with E-state index in [1.807, 2.05) is 24.3 Å². The Morgan fingerprint density at radius 2 is 2.12 bits per heavy atom. The maximum atomic E-state index is 11.9. The average molecular weight is 227 g/mol. The van der Waals surface area contributed by atoms with E-state index in [0.29, 0.717) is 18.4 Å². The Morgan fingerprint density at radius 3 is 2.82 bits per heavy atom. The monoisotopic (exact) mass is 227 g/mol. The lowest BCUT2D eigenvalue weighted by atomic mass is 10.2. The van der Waals surface area contributed by atoms with Crippen molar-refractivity contribution in [3.8, 4) is 0 Å². The summed E-state index contributed by atoms with van der Waals surface area (Å²) in [5.41, 5.74) is 1.33. The van der Waals surface area contributed by atoms with Crippen LogP contribution in [0.2, 0.25) is 0 Å². The van der Waals surface area contributed by atoms with Crippen molar-refractivity contribution >= 4 is 23.1 Å². The largest absolute Gasteiger partial charge is 0.298 e. The first kappa shape index (κ1) is 11.3. The predicted octanol–water partition coefficient (Wildman–Crippen LogP) is 3.06. The summed E-state index contributed by atoms with van der Waals surface area (Å²) in [4.78, 5) is 22.9. The van der Waals surface area contributed by atoms with Crippen LogP contribution in [0.3, 0.4) is 0 Å². The van der Waals surface area contributed by atoms with Gasteiger partial charge in [-0.15, -0.1) is 6.58 Å². The first-order valence-electron chi connectivity index (χ1n) is 5.47. The maximum Gasteiger partial charge on any atom is 0.231 e. The van der Waals surface area contributed by atoms with Gasteiger partial charge in [-0.2, -0.15) is 0 Å². The number of carbonyl (C=O) groups excluding carboxylic acids is 2. The summed E-state index contributed by atoms with van der Waals surface area (Å²) in [5, 5.41) is 0.814. The van der Waals surface area contributed by atoms with Crippen molar-refractivity contribution in [1.29, 1.82) is 0 Å². The van der Waals surface area contributed by atoms with Crippen molar-refractivity contribution in [2.24, 2.45) is 0 Å². The molecule has 1 aromatic carbocycles. The molecule has 0 N–H and O–H groups in total. The molecule has 3 heteroatoms. The summed E-state index contributed by atoms with van der Waals surface area (Å²) in [5.74, 6) is -0.0193. The van der Waals surface area contributed by atoms with E-state index in [2.05, 4.69) is 6.58 Å². The third kappa shape index (κ3) is 2.04. The Bertz CT molecular complexity index is 581. The van der Waals surface area contributed by atoms with Crippen LogP contribution >= 0.6 is 0 Å². The van der Waals surface area contributed by atoms with Crippen LogP contribution in [0.5, 0.6) is 0 Å². The summed E-state index contributed by atoms with van der Waals surface area (Å²) < 4.78 is 1.54. The van der Waals surface area contributed by atoms with Crippen LogP contribution in [0.15, 0.2) is 43.1 Å². The number of aldehydes is 1. The van der Waals surface area contributed by atoms with Crippen molar-refractivity contribution in [1.82, 2.24) is 4.57 Å². The SMILES string of the molecule is C=CCCC(=O)n1cc(C=O)c2ccccc21. The highest BCUT2D eigenvalue weighted by Crippen LogP contribution is 2.20. The van der Waals surface area contributed by atoms with Gasteiger partial charge in [0.1, 0.15) is 0 Å². The van der Waals surface area contributed by atoms with Crippen molar-refractivity contribution < 1.29 is 9.59 Å². The zero-order valence-electron chi connectivity index (χ0n) is 9.43. The normalized spacial score (nSPS) is 10.4. The van der Waals surface area contributed by atoms with E-state index in [1.54, 1.807) is 16.8 Å². The molecule has 2 rings (SSSR count). The van der Waals surface area contributed by atoms with Gasteiger partial charge < -0.3 is 0 Å². The average Bonchev–Trinajstić information content (AvgIpc) is 2.75. The Labute approximate surface area is 99.4 Å². The standard InChI is InChI=1S/C14H13NO2/c1-2-3-8-14(17)15-9-11(10-16)12-6-4-5-7-13(12)15/h2,4-7,9-10H,1,3,8H2. The summed E-state index contributed by atoms with van der Waals surface area (Å²) in [7, 11) is 0. The second-order valence-electron chi connectivity index (χ2n) is 3.81. The van der Waals surface area contributed by atoms with E-state index in [1.165, 1.54) is 0 Å². The molecule has 0 bridgehead atoms. The zero-order chi connectivity index (χ0) is 12.3. The van der Waals surface area contributed by atoms with Crippen molar-refractivity contribution in [2.45, 2.75) is 12.8 Å². The Morgan fingerprint density at radius 1 is 1.35 bits per heavy atom. The number of rotatable bonds is 4. The Kier molecular flexibility index (Phi) is 3.19. The minimum Gasteiger partial charge on any atom is -0.298 e. The molecule has 3 nitrogen and oxygen atoms in total. The fraction of sp³-hybridized carbons (Fsp3) is 0.143. The molecule has 1 heterocycles. The number of allylic oxidation sites excluding steroid dienone is 1. The number of hydrogen-bond donors (Lipinski definition) is 0. The van der Waals surface area contributed by atoms with E-state index in [-0.39, 0.29) is 5.91 Å². The number of aromatic nitrogens is 1. The highest BCUT2D eigenvalue weighted by molar-refractivity contribution is 6.02. The molecular formula is C14H13NO2. The Hall–Kier alpha value is -2.16. The second kappa shape index (κ2) is 4.78. The summed E-state index contributed by atoms with van der Waals surface area (Å²) >= 11 is 0. The minimum atomic E-state index is -0.0193. The van der Waals surface area contributed by atoms with E-state index in [0.717, 1.165) is 17.2 Å². The molecule has 0 fully saturated rings. The predicted molar refractivity (Wildman–Crippen MR) is 67.4 cm³/mol. The van der Waals surface area contributed by atoms with Crippen LogP contribution in [0.25, 0.3) is 10.9 Å². The lowest BCUT2D eigenvalue weighted by Crippen LogP contribution is -2.08. The maximum absolute atomic E-state index is 11.9. The number of carbonyl (C=O) groups is 2. The van der Waals surface area contributed by atoms with Gasteiger partial charge in [-0.1, -0.05) is 24.3 Å². The van der Waals surface area contributed by atoms with Crippen molar-refractivity contribution in [3.05, 3.63) is 48.7 Å². The Balaban J connectivity index is 2.50. The van der Waals surface area contributed by atoms with Crippen LogP contribution in [0.4, 0.5) is 0 Å². The molecule has 0 aliphatic heterocycles. The van der Waals surface area contributed by atoms with Gasteiger partial charge in [-0.3, -0.25) is 14.2 Å². The molecule has 86 valence electrons. The highest BCUT2D eigenvalue weighted by atomic mass is 16.2. The van der Waals surface area contributed by atoms with Gasteiger partial charge in [-0.25, -0.2) is 0 Å². The van der Waals surface area contributed by atoms with Gasteiger partial charge in [0.15, 0.2) is 6.29 Å². The number of fused-ring (bicyclic) bond motifs is 1. The molecule has 0 saturated heterocycles. The molecule has 1 aromatic heterocycles. The van der Waals surface area contributed by atoms with Gasteiger partial charge >= 0.3 is 0 Å². The minimum absolute atomic E-state index is 0.0193. The lowest BCUT2D eigenvalue weighted by molar-refractivity contribution is 0.0909. The summed E-state index contributed by atoms with van der Waals surface area (Å²) in [6, 6.07) is 7.40. The van der Waals surface area contributed by atoms with Crippen LogP contribution < -0.4 is 0 Å². The number of benzene rings is 1. The molecule has 0 unspecified atom stereocenters. The fourth-order valence-corrected chi connectivity index (χ4v) is 1.85. The molecular weight excluding hydrogens is 214 g/mol. The summed E-state index contributed by atoms with van der Waals surface area (Å²) in [6.45, 7) is 3.59. The number of hydrogen-bond acceptors (Lipinski definition) is 2. The number of para-hydroxylation sites is 1. The molecule has 17 heavy (non-hydrogen) atoms. The zero-order valence-corrected chi connectivity index (χ0v) is 9.43. The molecule has 0 amide bonds. The van der Waals surface area contributed by atoms with E-state index in [4.69, 9.17) is 0 Å². The first-order valence-corrected chi connectivity index (χ1v) is 5.47. The quantitative estimate of drug-likeness (QED) is 0.594. The topological polar surface area (TPSA) is 39.1 Å². The van der Waals surface area contributed by atoms with E-state index in [9.17, 15) is 9.59 Å². The van der Waals surface area contributed by atoms with Crippen LogP contribution in [-0.4, -0.2) is 16.8 Å². The first-order chi connectivity index (χ1) is 8.27. The molecule has 0 atom stereocenters. The smallest absolute Gasteiger partial charge is 0.231 e. The van der Waals surface area contributed by atoms with Gasteiger partial charge in [-0.05, 0) is 12.5 Å². The van der Waals surface area contributed by atoms with E-state index >= 15 is 0 Å². The van der Waals surface area contributed by atoms with Crippen molar-refractivity contribution in [3.63, 3.8) is 0 Å². The van der Waals surface area contributed by atoms with Crippen LogP contribution in [-0.2, 0) is 0 Å². The molecule has 0 aliphatic carbocycles. The van der Waals surface area contributed by atoms with Gasteiger partial charge in [0.05, 0.1) is 5.52 Å². The van der Waals surface area contributed by atoms with Gasteiger partial charge in [0, 0.05) is 23.6 Å². The molecule has 0 aliphatic rings. The number of nitrogens with zero attached hydrogens (tertiary/aromatic N) is 1. The van der Waals surface area contributed by atoms with Gasteiger partial charge in [0.2, 0.25) is 5.91 Å². The molecule has 0 radical (unpaired) electrons. The fourth-order valence-electron chi connectivity index (χ4n) is 1.85. The van der Waals surface area contributed by atoms with Crippen LogP contribution in [0.1, 0.15) is 28.0 Å². The van der Waals surface area contributed by atoms with Crippen molar-refractivity contribution in [2.75, 3.05) is 0 Å². The third-order valence-corrected chi connectivity index (χ3v) is 2.70. The highest BCUT2D eigenvalue weighted by Gasteiger charge is 2.11. The van der Waals surface area contributed by atoms with Crippen LogP contribution in [0, 0.1) is 0 Å². The molecule has 0 spiro atoms. The van der Waals surface area contributed by atoms with E-state index < -0.39 is 0 Å². The molecule has 2 aromatic rings. The molecule has 0 saturated carbocycles. The summed E-state index contributed by atoms with van der Waals surface area (Å²) in [6.07, 6.45) is 5.13. The second-order valence-corrected chi connectivity index (χ2v) is 3.81.